The number of ether oxygens (including phenoxy) is 1. The first kappa shape index (κ1) is 17.2. The maximum atomic E-state index is 12.8. The lowest BCUT2D eigenvalue weighted by Gasteiger charge is -2.33. The molecule has 0 radical (unpaired) electrons. The van der Waals surface area contributed by atoms with Crippen LogP contribution in [0.2, 0.25) is 0 Å². The molecular formula is C16H21N4O5+. The molecule has 9 nitrogen and oxygen atoms in total. The summed E-state index contributed by atoms with van der Waals surface area (Å²) in [5.41, 5.74) is -0.187. The Bertz CT molecular complexity index is 775. The molecule has 1 fully saturated rings. The first-order chi connectivity index (χ1) is 12.1. The van der Waals surface area contributed by atoms with E-state index in [-0.39, 0.29) is 18.2 Å². The van der Waals surface area contributed by atoms with Crippen molar-refractivity contribution >= 4 is 5.91 Å². The molecule has 1 aliphatic rings. The van der Waals surface area contributed by atoms with Gasteiger partial charge in [0.05, 0.1) is 13.7 Å². The summed E-state index contributed by atoms with van der Waals surface area (Å²) in [6, 6.07) is 6.91. The number of H-pyrrole nitrogens is 1. The van der Waals surface area contributed by atoms with Crippen LogP contribution in [0.15, 0.2) is 33.6 Å². The SMILES string of the molecule is COc1ccc(-[n+]2[nH]oc(=O)c2C(=O)N2CCN(CCO)CC2)cc1. The fraction of sp³-hybridized carbons (Fsp3) is 0.438. The van der Waals surface area contributed by atoms with Crippen molar-refractivity contribution in [1.82, 2.24) is 15.1 Å². The molecule has 1 saturated heterocycles. The lowest BCUT2D eigenvalue weighted by Crippen LogP contribution is -2.53. The molecule has 0 saturated carbocycles. The van der Waals surface area contributed by atoms with Crippen LogP contribution < -0.4 is 15.0 Å². The van der Waals surface area contributed by atoms with Gasteiger partial charge in [0.2, 0.25) is 5.69 Å². The third-order valence-electron chi connectivity index (χ3n) is 4.26. The zero-order valence-corrected chi connectivity index (χ0v) is 14.0. The number of benzene rings is 1. The summed E-state index contributed by atoms with van der Waals surface area (Å²) in [6.07, 6.45) is 0. The number of carbonyl (C=O) groups is 1. The minimum absolute atomic E-state index is 0.0687. The molecule has 134 valence electrons. The number of carbonyl (C=O) groups excluding carboxylic acids is 1. The number of piperazine rings is 1. The van der Waals surface area contributed by atoms with E-state index in [2.05, 4.69) is 10.2 Å². The number of hydrogen-bond donors (Lipinski definition) is 2. The summed E-state index contributed by atoms with van der Waals surface area (Å²) in [4.78, 5) is 28.5. The Morgan fingerprint density at radius 3 is 2.56 bits per heavy atom. The van der Waals surface area contributed by atoms with E-state index >= 15 is 0 Å². The van der Waals surface area contributed by atoms with Crippen LogP contribution in [0.5, 0.6) is 5.75 Å². The molecule has 0 bridgehead atoms. The molecule has 9 heteroatoms. The van der Waals surface area contributed by atoms with Gasteiger partial charge in [-0.2, -0.15) is 0 Å². The zero-order chi connectivity index (χ0) is 17.8. The largest absolute Gasteiger partial charge is 0.497 e. The van der Waals surface area contributed by atoms with E-state index in [1.165, 1.54) is 4.68 Å². The smallest absolute Gasteiger partial charge is 0.441 e. The van der Waals surface area contributed by atoms with Crippen molar-refractivity contribution in [3.8, 4) is 11.4 Å². The van der Waals surface area contributed by atoms with Gasteiger partial charge in [0.1, 0.15) is 5.75 Å². The first-order valence-electron chi connectivity index (χ1n) is 8.04. The number of methoxy groups -OCH3 is 1. The van der Waals surface area contributed by atoms with Crippen LogP contribution in [-0.2, 0) is 0 Å². The topological polar surface area (TPSA) is 103 Å². The summed E-state index contributed by atoms with van der Waals surface area (Å²) in [6.45, 7) is 2.97. The molecular weight excluding hydrogens is 328 g/mol. The standard InChI is InChI=1S/C16H20N4O5/c1-24-13-4-2-12(3-5-13)20-14(16(23)25-17-20)15(22)19-8-6-18(7-9-19)10-11-21/h2-5,21H,6-11H2,1H3/p+1. The molecule has 1 aliphatic heterocycles. The van der Waals surface area contributed by atoms with Crippen LogP contribution >= 0.6 is 0 Å². The van der Waals surface area contributed by atoms with E-state index in [0.717, 1.165) is 0 Å². The summed E-state index contributed by atoms with van der Waals surface area (Å²) in [7, 11) is 1.56. The van der Waals surface area contributed by atoms with Gasteiger partial charge in [-0.25, -0.2) is 4.79 Å². The Morgan fingerprint density at radius 2 is 1.96 bits per heavy atom. The molecule has 0 spiro atoms. The van der Waals surface area contributed by atoms with E-state index in [4.69, 9.17) is 14.4 Å². The van der Waals surface area contributed by atoms with Crippen LogP contribution in [0.25, 0.3) is 5.69 Å². The highest BCUT2D eigenvalue weighted by molar-refractivity contribution is 5.90. The van der Waals surface area contributed by atoms with Gasteiger partial charge in [-0.1, -0.05) is 0 Å². The van der Waals surface area contributed by atoms with Crippen molar-refractivity contribution in [2.45, 2.75) is 0 Å². The van der Waals surface area contributed by atoms with Crippen molar-refractivity contribution in [1.29, 1.82) is 0 Å². The van der Waals surface area contributed by atoms with Gasteiger partial charge < -0.3 is 14.7 Å². The fourth-order valence-electron chi connectivity index (χ4n) is 2.83. The van der Waals surface area contributed by atoms with Gasteiger partial charge >= 0.3 is 17.2 Å². The van der Waals surface area contributed by atoms with Gasteiger partial charge in [0.15, 0.2) is 0 Å². The van der Waals surface area contributed by atoms with Gasteiger partial charge in [0.25, 0.3) is 0 Å². The Kier molecular flexibility index (Phi) is 5.15. The highest BCUT2D eigenvalue weighted by Crippen LogP contribution is 2.11. The van der Waals surface area contributed by atoms with E-state index < -0.39 is 5.63 Å². The summed E-state index contributed by atoms with van der Waals surface area (Å²) in [5, 5.41) is 11.5. The summed E-state index contributed by atoms with van der Waals surface area (Å²) in [5.74, 6) is 0.289. The number of nitrogens with zero attached hydrogens (tertiary/aromatic N) is 3. The lowest BCUT2D eigenvalue weighted by molar-refractivity contribution is -0.672. The third-order valence-corrected chi connectivity index (χ3v) is 4.26. The zero-order valence-electron chi connectivity index (χ0n) is 14.0. The molecule has 2 N–H and O–H groups in total. The minimum atomic E-state index is -0.710. The number of amides is 1. The second-order valence-corrected chi connectivity index (χ2v) is 5.72. The monoisotopic (exact) mass is 349 g/mol. The van der Waals surface area contributed by atoms with E-state index in [1.807, 2.05) is 0 Å². The molecule has 3 rings (SSSR count). The molecule has 2 aromatic rings. The average Bonchev–Trinajstić information content (AvgIpc) is 3.03. The molecule has 1 amide bonds. The highest BCUT2D eigenvalue weighted by Gasteiger charge is 2.35. The van der Waals surface area contributed by atoms with Crippen LogP contribution in [0, 0.1) is 0 Å². The number of hydrogen-bond acceptors (Lipinski definition) is 6. The van der Waals surface area contributed by atoms with Crippen LogP contribution in [0.1, 0.15) is 10.5 Å². The maximum Gasteiger partial charge on any atom is 0.441 e. The number of nitrogens with one attached hydrogen (secondary N) is 1. The van der Waals surface area contributed by atoms with Crippen LogP contribution in [0.3, 0.4) is 0 Å². The second-order valence-electron chi connectivity index (χ2n) is 5.72. The van der Waals surface area contributed by atoms with E-state index in [0.29, 0.717) is 44.2 Å². The molecule has 0 unspecified atom stereocenters. The molecule has 1 aromatic carbocycles. The number of aromatic nitrogens is 2. The number of aliphatic hydroxyl groups is 1. The highest BCUT2D eigenvalue weighted by atomic mass is 16.5. The predicted octanol–water partition coefficient (Wildman–Crippen LogP) is -0.997. The molecule has 1 aromatic heterocycles. The molecule has 2 heterocycles. The number of β-amino-alcohol motifs (C(OH)–C–C–N with tert-alkyl or cyclic N) is 1. The molecule has 0 atom stereocenters. The Hall–Kier alpha value is -2.65. The van der Waals surface area contributed by atoms with Crippen molar-refractivity contribution in [3.05, 3.63) is 40.4 Å². The Morgan fingerprint density at radius 1 is 1.28 bits per heavy atom. The lowest BCUT2D eigenvalue weighted by atomic mass is 10.2. The van der Waals surface area contributed by atoms with E-state index in [1.54, 1.807) is 36.3 Å². The Labute approximate surface area is 144 Å². The number of aromatic amines is 1. The molecule has 0 aliphatic carbocycles. The van der Waals surface area contributed by atoms with Gasteiger partial charge in [-0.3, -0.25) is 14.2 Å². The summed E-state index contributed by atoms with van der Waals surface area (Å²) >= 11 is 0. The summed E-state index contributed by atoms with van der Waals surface area (Å²) < 4.78 is 11.3. The normalized spacial score (nSPS) is 15.4. The van der Waals surface area contributed by atoms with E-state index in [9.17, 15) is 9.59 Å². The van der Waals surface area contributed by atoms with Crippen molar-refractivity contribution in [3.63, 3.8) is 0 Å². The fourth-order valence-corrected chi connectivity index (χ4v) is 2.83. The van der Waals surface area contributed by atoms with Gasteiger partial charge in [-0.15, -0.1) is 0 Å². The maximum absolute atomic E-state index is 12.8. The second kappa shape index (κ2) is 7.49. The minimum Gasteiger partial charge on any atom is -0.497 e. The van der Waals surface area contributed by atoms with Crippen LogP contribution in [0.4, 0.5) is 0 Å². The Balaban J connectivity index is 1.81. The number of rotatable bonds is 5. The number of aliphatic hydroxyl groups excluding tert-OH is 1. The van der Waals surface area contributed by atoms with Crippen molar-refractivity contribution in [2.75, 3.05) is 46.4 Å². The molecule has 25 heavy (non-hydrogen) atoms. The van der Waals surface area contributed by atoms with Gasteiger partial charge in [0, 0.05) is 44.9 Å². The van der Waals surface area contributed by atoms with Crippen LogP contribution in [-0.4, -0.2) is 72.5 Å². The quantitative estimate of drug-likeness (QED) is 0.672. The third kappa shape index (κ3) is 3.57. The first-order valence-corrected chi connectivity index (χ1v) is 8.04. The van der Waals surface area contributed by atoms with Gasteiger partial charge in [-0.05, 0) is 22.1 Å². The predicted molar refractivity (Wildman–Crippen MR) is 86.8 cm³/mol. The average molecular weight is 349 g/mol. The van der Waals surface area contributed by atoms with Crippen molar-refractivity contribution < 1.29 is 23.8 Å². The van der Waals surface area contributed by atoms with Crippen molar-refractivity contribution in [2.24, 2.45) is 0 Å².